The van der Waals surface area contributed by atoms with Gasteiger partial charge in [-0.15, -0.1) is 5.10 Å². The topological polar surface area (TPSA) is 51.9 Å². The number of aromatic nitrogens is 3. The van der Waals surface area contributed by atoms with Crippen LogP contribution in [0.4, 0.5) is 5.82 Å². The molecule has 0 aromatic carbocycles. The third-order valence-electron chi connectivity index (χ3n) is 3.12. The van der Waals surface area contributed by atoms with Gasteiger partial charge in [0.05, 0.1) is 25.5 Å². The maximum Gasteiger partial charge on any atom is 0.154 e. The van der Waals surface area contributed by atoms with E-state index in [-0.39, 0.29) is 6.10 Å². The van der Waals surface area contributed by atoms with Gasteiger partial charge in [0.15, 0.2) is 5.65 Å². The third kappa shape index (κ3) is 2.58. The molecule has 1 aliphatic heterocycles. The number of imidazole rings is 1. The first-order valence-corrected chi connectivity index (χ1v) is 6.93. The number of rotatable bonds is 3. The van der Waals surface area contributed by atoms with Crippen molar-refractivity contribution in [2.24, 2.45) is 0 Å². The molecule has 102 valence electrons. The Hall–Kier alpha value is -1.18. The van der Waals surface area contributed by atoms with Crippen LogP contribution in [0.25, 0.3) is 5.65 Å². The monoisotopic (exact) mass is 326 g/mol. The average Bonchev–Trinajstić information content (AvgIpc) is 2.81. The molecule has 19 heavy (non-hydrogen) atoms. The smallest absolute Gasteiger partial charge is 0.154 e. The van der Waals surface area contributed by atoms with Gasteiger partial charge in [0.25, 0.3) is 0 Å². The number of fused-ring (bicyclic) bond motifs is 1. The molecule has 2 aromatic heterocycles. The summed E-state index contributed by atoms with van der Waals surface area (Å²) in [6, 6.07) is 3.96. The summed E-state index contributed by atoms with van der Waals surface area (Å²) in [5.74, 6) is 0.926. The normalized spacial score (nSPS) is 20.1. The molecule has 0 radical (unpaired) electrons. The van der Waals surface area contributed by atoms with Crippen LogP contribution in [0.5, 0.6) is 0 Å². The number of methoxy groups -OCH3 is 1. The van der Waals surface area contributed by atoms with Crippen LogP contribution in [0.1, 0.15) is 0 Å². The Bertz CT molecular complexity index is 572. The van der Waals surface area contributed by atoms with E-state index in [2.05, 4.69) is 30.9 Å². The summed E-state index contributed by atoms with van der Waals surface area (Å²) < 4.78 is 13.4. The van der Waals surface area contributed by atoms with Crippen molar-refractivity contribution in [3.63, 3.8) is 0 Å². The van der Waals surface area contributed by atoms with Gasteiger partial charge in [0, 0.05) is 20.2 Å². The fourth-order valence-electron chi connectivity index (χ4n) is 2.22. The molecule has 0 N–H and O–H groups in total. The van der Waals surface area contributed by atoms with Crippen molar-refractivity contribution in [2.75, 3.05) is 38.3 Å². The molecule has 0 unspecified atom stereocenters. The third-order valence-corrected chi connectivity index (χ3v) is 3.66. The Morgan fingerprint density at radius 2 is 2.42 bits per heavy atom. The lowest BCUT2D eigenvalue weighted by atomic mass is 10.3. The van der Waals surface area contributed by atoms with Crippen LogP contribution in [-0.2, 0) is 9.47 Å². The summed E-state index contributed by atoms with van der Waals surface area (Å²) in [7, 11) is 1.69. The Balaban J connectivity index is 1.84. The number of morpholine rings is 1. The summed E-state index contributed by atoms with van der Waals surface area (Å²) >= 11 is 3.44. The first-order chi connectivity index (χ1) is 9.28. The first-order valence-electron chi connectivity index (χ1n) is 6.13. The van der Waals surface area contributed by atoms with Crippen LogP contribution < -0.4 is 4.90 Å². The van der Waals surface area contributed by atoms with Crippen molar-refractivity contribution in [2.45, 2.75) is 6.10 Å². The van der Waals surface area contributed by atoms with Gasteiger partial charge in [-0.2, -0.15) is 0 Å². The summed E-state index contributed by atoms with van der Waals surface area (Å²) in [4.78, 5) is 6.45. The van der Waals surface area contributed by atoms with Crippen molar-refractivity contribution in [1.29, 1.82) is 0 Å². The van der Waals surface area contributed by atoms with Gasteiger partial charge in [-0.25, -0.2) is 9.50 Å². The molecule has 6 nitrogen and oxygen atoms in total. The van der Waals surface area contributed by atoms with Crippen molar-refractivity contribution in [3.05, 3.63) is 22.9 Å². The molecule has 3 heterocycles. The van der Waals surface area contributed by atoms with Crippen molar-refractivity contribution in [1.82, 2.24) is 14.6 Å². The summed E-state index contributed by atoms with van der Waals surface area (Å²) in [6.45, 7) is 2.93. The molecular weight excluding hydrogens is 312 g/mol. The molecular formula is C12H15BrN4O2. The summed E-state index contributed by atoms with van der Waals surface area (Å²) in [5.41, 5.74) is 0.831. The minimum atomic E-state index is 0.0995. The minimum absolute atomic E-state index is 0.0995. The Labute approximate surface area is 119 Å². The zero-order valence-electron chi connectivity index (χ0n) is 10.6. The van der Waals surface area contributed by atoms with Gasteiger partial charge in [0.2, 0.25) is 0 Å². The van der Waals surface area contributed by atoms with E-state index in [0.717, 1.165) is 29.2 Å². The maximum absolute atomic E-state index is 5.64. The van der Waals surface area contributed by atoms with E-state index in [4.69, 9.17) is 9.47 Å². The van der Waals surface area contributed by atoms with Crippen LogP contribution in [-0.4, -0.2) is 54.1 Å². The predicted molar refractivity (Wildman–Crippen MR) is 74.5 cm³/mol. The van der Waals surface area contributed by atoms with Crippen molar-refractivity contribution < 1.29 is 9.47 Å². The molecule has 0 saturated carbocycles. The van der Waals surface area contributed by atoms with Crippen LogP contribution in [0.3, 0.4) is 0 Å². The lowest BCUT2D eigenvalue weighted by Crippen LogP contribution is -2.44. The highest BCUT2D eigenvalue weighted by Gasteiger charge is 2.21. The van der Waals surface area contributed by atoms with Gasteiger partial charge < -0.3 is 14.4 Å². The lowest BCUT2D eigenvalue weighted by Gasteiger charge is -2.33. The molecule has 7 heteroatoms. The van der Waals surface area contributed by atoms with Gasteiger partial charge in [-0.3, -0.25) is 0 Å². The zero-order valence-corrected chi connectivity index (χ0v) is 12.2. The fourth-order valence-corrected chi connectivity index (χ4v) is 2.58. The largest absolute Gasteiger partial charge is 0.382 e. The van der Waals surface area contributed by atoms with Crippen molar-refractivity contribution >= 4 is 27.4 Å². The highest BCUT2D eigenvalue weighted by Crippen LogP contribution is 2.18. The Morgan fingerprint density at radius 1 is 1.53 bits per heavy atom. The highest BCUT2D eigenvalue weighted by atomic mass is 79.9. The molecule has 3 rings (SSSR count). The predicted octanol–water partition coefficient (Wildman–Crippen LogP) is 1.34. The lowest BCUT2D eigenvalue weighted by molar-refractivity contribution is -0.0102. The Kier molecular flexibility index (Phi) is 3.67. The van der Waals surface area contributed by atoms with E-state index < -0.39 is 0 Å². The molecule has 1 saturated heterocycles. The molecule has 0 amide bonds. The molecule has 1 aliphatic rings. The number of ether oxygens (including phenoxy) is 2. The van der Waals surface area contributed by atoms with Crippen molar-refractivity contribution in [3.8, 4) is 0 Å². The van der Waals surface area contributed by atoms with Crippen LogP contribution in [0.2, 0.25) is 0 Å². The van der Waals surface area contributed by atoms with Crippen LogP contribution in [0.15, 0.2) is 22.9 Å². The average molecular weight is 327 g/mol. The first kappa shape index (κ1) is 12.8. The fraction of sp³-hybridized carbons (Fsp3) is 0.500. The number of nitrogens with zero attached hydrogens (tertiary/aromatic N) is 4. The number of halogens is 1. The maximum atomic E-state index is 5.64. The van der Waals surface area contributed by atoms with E-state index in [1.165, 1.54) is 0 Å². The second-order valence-electron chi connectivity index (χ2n) is 4.44. The second-order valence-corrected chi connectivity index (χ2v) is 5.25. The standard InChI is InChI=1S/C12H15BrN4O2/c1-18-8-9-7-16(4-5-19-9)12-3-2-11-14-6-10(13)17(11)15-12/h2-3,6,9H,4-5,7-8H2,1H3/t9-/m0/s1. The van der Waals surface area contributed by atoms with Crippen LogP contribution in [0, 0.1) is 0 Å². The van der Waals surface area contributed by atoms with Gasteiger partial charge in [0.1, 0.15) is 10.4 Å². The van der Waals surface area contributed by atoms with Crippen LogP contribution >= 0.6 is 15.9 Å². The quantitative estimate of drug-likeness (QED) is 0.852. The number of hydrogen-bond acceptors (Lipinski definition) is 5. The van der Waals surface area contributed by atoms with Gasteiger partial charge >= 0.3 is 0 Å². The molecule has 0 spiro atoms. The molecule has 0 aliphatic carbocycles. The second kappa shape index (κ2) is 5.44. The van der Waals surface area contributed by atoms with E-state index in [9.17, 15) is 0 Å². The number of anilines is 1. The number of hydrogen-bond donors (Lipinski definition) is 0. The van der Waals surface area contributed by atoms with Gasteiger partial charge in [-0.05, 0) is 28.1 Å². The molecule has 1 fully saturated rings. The molecule has 1 atom stereocenters. The SMILES string of the molecule is COC[C@@H]1CN(c2ccc3ncc(Br)n3n2)CCO1. The van der Waals surface area contributed by atoms with E-state index in [1.54, 1.807) is 17.8 Å². The van der Waals surface area contributed by atoms with Gasteiger partial charge in [-0.1, -0.05) is 0 Å². The molecule has 0 bridgehead atoms. The van der Waals surface area contributed by atoms with E-state index in [1.807, 2.05) is 12.1 Å². The zero-order chi connectivity index (χ0) is 13.2. The van der Waals surface area contributed by atoms with E-state index in [0.29, 0.717) is 13.2 Å². The highest BCUT2D eigenvalue weighted by molar-refractivity contribution is 9.10. The Morgan fingerprint density at radius 3 is 3.26 bits per heavy atom. The van der Waals surface area contributed by atoms with E-state index >= 15 is 0 Å². The summed E-state index contributed by atoms with van der Waals surface area (Å²) in [6.07, 6.45) is 1.85. The minimum Gasteiger partial charge on any atom is -0.382 e. The molecule has 2 aromatic rings. The summed E-state index contributed by atoms with van der Waals surface area (Å²) in [5, 5.41) is 4.59.